The number of aromatic nitrogens is 2. The molecule has 5 heteroatoms. The lowest BCUT2D eigenvalue weighted by Gasteiger charge is -2.09. The smallest absolute Gasteiger partial charge is 0.267 e. The highest BCUT2D eigenvalue weighted by molar-refractivity contribution is 14.1. The summed E-state index contributed by atoms with van der Waals surface area (Å²) in [5.41, 5.74) is 1.05. The normalized spacial score (nSPS) is 10.4. The monoisotopic (exact) mass is 356 g/mol. The van der Waals surface area contributed by atoms with Crippen LogP contribution in [0.15, 0.2) is 35.3 Å². The molecule has 2 aromatic rings. The molecule has 1 heterocycles. The summed E-state index contributed by atoms with van der Waals surface area (Å²) < 4.78 is 7.41. The molecule has 0 atom stereocenters. The third kappa shape index (κ3) is 2.72. The molecule has 0 aliphatic rings. The van der Waals surface area contributed by atoms with Gasteiger partial charge in [-0.2, -0.15) is 0 Å². The van der Waals surface area contributed by atoms with Crippen LogP contribution >= 0.6 is 22.6 Å². The Hall–Kier alpha value is -1.37. The van der Waals surface area contributed by atoms with Gasteiger partial charge >= 0.3 is 0 Å². The van der Waals surface area contributed by atoms with Gasteiger partial charge in [-0.3, -0.25) is 9.36 Å². The number of rotatable bonds is 3. The lowest BCUT2D eigenvalue weighted by molar-refractivity contribution is 0.414. The van der Waals surface area contributed by atoms with E-state index in [0.29, 0.717) is 10.1 Å². The highest BCUT2D eigenvalue weighted by Gasteiger charge is 2.06. The van der Waals surface area contributed by atoms with Gasteiger partial charge in [0.25, 0.3) is 5.56 Å². The first-order valence-corrected chi connectivity index (χ1v) is 6.54. The molecule has 94 valence electrons. The first-order valence-electron chi connectivity index (χ1n) is 5.46. The Morgan fingerprint density at radius 1 is 1.33 bits per heavy atom. The molecule has 0 aliphatic carbocycles. The number of nitrogens with zero attached hydrogens (tertiary/aromatic N) is 2. The Bertz CT molecular complexity index is 605. The number of benzene rings is 1. The fourth-order valence-corrected chi connectivity index (χ4v) is 2.08. The molecule has 0 aliphatic heterocycles. The minimum Gasteiger partial charge on any atom is -0.497 e. The van der Waals surface area contributed by atoms with E-state index >= 15 is 0 Å². The molecule has 0 unspecified atom stereocenters. The Morgan fingerprint density at radius 3 is 2.61 bits per heavy atom. The van der Waals surface area contributed by atoms with Crippen LogP contribution in [-0.2, 0) is 6.54 Å². The first kappa shape index (κ1) is 13.1. The number of ether oxygens (including phenoxy) is 1. The Morgan fingerprint density at radius 2 is 2.00 bits per heavy atom. The van der Waals surface area contributed by atoms with Crippen molar-refractivity contribution in [1.29, 1.82) is 0 Å². The van der Waals surface area contributed by atoms with Crippen LogP contribution in [0.1, 0.15) is 11.4 Å². The van der Waals surface area contributed by atoms with E-state index in [9.17, 15) is 4.79 Å². The van der Waals surface area contributed by atoms with Crippen LogP contribution in [0.3, 0.4) is 0 Å². The lowest BCUT2D eigenvalue weighted by Crippen LogP contribution is -2.26. The molecule has 0 radical (unpaired) electrons. The maximum atomic E-state index is 12.0. The van der Waals surface area contributed by atoms with Crippen LogP contribution in [-0.4, -0.2) is 16.7 Å². The third-order valence-corrected chi connectivity index (χ3v) is 3.44. The van der Waals surface area contributed by atoms with Gasteiger partial charge in [-0.1, -0.05) is 12.1 Å². The summed E-state index contributed by atoms with van der Waals surface area (Å²) in [6, 6.07) is 7.67. The predicted molar refractivity (Wildman–Crippen MR) is 78.0 cm³/mol. The Kier molecular flexibility index (Phi) is 4.00. The van der Waals surface area contributed by atoms with E-state index < -0.39 is 0 Å². The fourth-order valence-electron chi connectivity index (χ4n) is 1.65. The second kappa shape index (κ2) is 5.51. The Balaban J connectivity index is 2.33. The average molecular weight is 356 g/mol. The summed E-state index contributed by atoms with van der Waals surface area (Å²) in [5, 5.41) is 0. The molecule has 0 spiro atoms. The number of hydrogen-bond acceptors (Lipinski definition) is 3. The van der Waals surface area contributed by atoms with Gasteiger partial charge in [-0.25, -0.2) is 4.98 Å². The van der Waals surface area contributed by atoms with Gasteiger partial charge in [0.2, 0.25) is 0 Å². The SMILES string of the molecule is COc1ccc(Cn2c(C)ncc(I)c2=O)cc1. The van der Waals surface area contributed by atoms with Crippen molar-refractivity contribution in [1.82, 2.24) is 9.55 Å². The molecule has 0 bridgehead atoms. The van der Waals surface area contributed by atoms with E-state index in [1.54, 1.807) is 17.9 Å². The van der Waals surface area contributed by atoms with Gasteiger partial charge in [0.15, 0.2) is 0 Å². The average Bonchev–Trinajstić information content (AvgIpc) is 2.40. The molecule has 2 rings (SSSR count). The van der Waals surface area contributed by atoms with E-state index in [4.69, 9.17) is 4.74 Å². The second-order valence-electron chi connectivity index (χ2n) is 3.89. The summed E-state index contributed by atoms with van der Waals surface area (Å²) in [4.78, 5) is 16.2. The Labute approximate surface area is 119 Å². The van der Waals surface area contributed by atoms with Gasteiger partial charge in [0, 0.05) is 6.20 Å². The van der Waals surface area contributed by atoms with Crippen molar-refractivity contribution in [2.45, 2.75) is 13.5 Å². The number of halogens is 1. The summed E-state index contributed by atoms with van der Waals surface area (Å²) in [6.45, 7) is 2.36. The first-order chi connectivity index (χ1) is 8.61. The minimum atomic E-state index is -0.00100. The molecule has 4 nitrogen and oxygen atoms in total. The van der Waals surface area contributed by atoms with Crippen LogP contribution in [0.2, 0.25) is 0 Å². The number of hydrogen-bond donors (Lipinski definition) is 0. The van der Waals surface area contributed by atoms with Crippen molar-refractivity contribution in [2.75, 3.05) is 7.11 Å². The van der Waals surface area contributed by atoms with Crippen molar-refractivity contribution in [2.24, 2.45) is 0 Å². The largest absolute Gasteiger partial charge is 0.497 e. The van der Waals surface area contributed by atoms with Crippen molar-refractivity contribution in [3.63, 3.8) is 0 Å². The van der Waals surface area contributed by atoms with Crippen molar-refractivity contribution < 1.29 is 4.74 Å². The maximum Gasteiger partial charge on any atom is 0.267 e. The zero-order valence-electron chi connectivity index (χ0n) is 10.2. The van der Waals surface area contributed by atoms with Crippen LogP contribution in [0.25, 0.3) is 0 Å². The minimum absolute atomic E-state index is 0.00100. The van der Waals surface area contributed by atoms with E-state index in [1.165, 1.54) is 0 Å². The number of aryl methyl sites for hydroxylation is 1. The van der Waals surface area contributed by atoms with Crippen LogP contribution in [0.4, 0.5) is 0 Å². The summed E-state index contributed by atoms with van der Waals surface area (Å²) >= 11 is 2.00. The molecule has 0 saturated heterocycles. The van der Waals surface area contributed by atoms with Crippen molar-refractivity contribution in [3.8, 4) is 5.75 Å². The molecule has 0 N–H and O–H groups in total. The van der Waals surface area contributed by atoms with Gasteiger partial charge in [0.05, 0.1) is 17.2 Å². The van der Waals surface area contributed by atoms with Gasteiger partial charge < -0.3 is 4.74 Å². The quantitative estimate of drug-likeness (QED) is 0.793. The molecule has 0 saturated carbocycles. The van der Waals surface area contributed by atoms with E-state index in [-0.39, 0.29) is 5.56 Å². The highest BCUT2D eigenvalue weighted by Crippen LogP contribution is 2.12. The zero-order chi connectivity index (χ0) is 13.1. The molecular formula is C13H13IN2O2. The zero-order valence-corrected chi connectivity index (χ0v) is 12.3. The topological polar surface area (TPSA) is 44.1 Å². The van der Waals surface area contributed by atoms with Gasteiger partial charge in [-0.15, -0.1) is 0 Å². The maximum absolute atomic E-state index is 12.0. The van der Waals surface area contributed by atoms with E-state index in [1.807, 2.05) is 53.8 Å². The molecule has 0 amide bonds. The van der Waals surface area contributed by atoms with Crippen LogP contribution in [0.5, 0.6) is 5.75 Å². The van der Waals surface area contributed by atoms with Crippen LogP contribution in [0, 0.1) is 10.5 Å². The predicted octanol–water partition coefficient (Wildman–Crippen LogP) is 2.21. The molecular weight excluding hydrogens is 343 g/mol. The molecule has 1 aromatic carbocycles. The fraction of sp³-hybridized carbons (Fsp3) is 0.231. The van der Waals surface area contributed by atoms with Gasteiger partial charge in [-0.05, 0) is 47.2 Å². The van der Waals surface area contributed by atoms with Gasteiger partial charge in [0.1, 0.15) is 11.6 Å². The van der Waals surface area contributed by atoms with E-state index in [2.05, 4.69) is 4.98 Å². The van der Waals surface area contributed by atoms with Crippen molar-refractivity contribution >= 4 is 22.6 Å². The number of methoxy groups -OCH3 is 1. The van der Waals surface area contributed by atoms with Crippen molar-refractivity contribution in [3.05, 3.63) is 55.8 Å². The molecule has 0 fully saturated rings. The molecule has 1 aromatic heterocycles. The highest BCUT2D eigenvalue weighted by atomic mass is 127. The second-order valence-corrected chi connectivity index (χ2v) is 5.05. The lowest BCUT2D eigenvalue weighted by atomic mass is 10.2. The third-order valence-electron chi connectivity index (χ3n) is 2.70. The summed E-state index contributed by atoms with van der Waals surface area (Å²) in [5.74, 6) is 1.53. The summed E-state index contributed by atoms with van der Waals surface area (Å²) in [7, 11) is 1.63. The van der Waals surface area contributed by atoms with Crippen LogP contribution < -0.4 is 10.3 Å². The molecule has 18 heavy (non-hydrogen) atoms. The standard InChI is InChI=1S/C13H13IN2O2/c1-9-15-7-12(14)13(17)16(9)8-10-3-5-11(18-2)6-4-10/h3-7H,8H2,1-2H3. The summed E-state index contributed by atoms with van der Waals surface area (Å²) in [6.07, 6.45) is 1.60. The van der Waals surface area contributed by atoms with E-state index in [0.717, 1.165) is 17.1 Å².